The Labute approximate surface area is 154 Å². The van der Waals surface area contributed by atoms with E-state index in [1.165, 1.54) is 4.90 Å². The molecule has 0 atom stereocenters. The zero-order valence-electron chi connectivity index (χ0n) is 13.6. The van der Waals surface area contributed by atoms with Crippen LogP contribution in [0.4, 0.5) is 0 Å². The largest absolute Gasteiger partial charge is 0.470 e. The molecule has 1 saturated heterocycles. The zero-order chi connectivity index (χ0) is 18.3. The molecule has 7 nitrogen and oxygen atoms in total. The van der Waals surface area contributed by atoms with E-state index in [1.54, 1.807) is 42.6 Å². The van der Waals surface area contributed by atoms with E-state index < -0.39 is 11.8 Å². The standard InChI is InChI=1S/C18H14ClN3O4/c19-14-6-3-7-20-16(14)26-11-8-21(9-11)15(23)10-22-17(24)12-4-1-2-5-13(12)18(22)25/h1-7,11H,8-10H2. The average molecular weight is 372 g/mol. The molecule has 0 unspecified atom stereocenters. The summed E-state index contributed by atoms with van der Waals surface area (Å²) in [5, 5.41) is 0.406. The maximum Gasteiger partial charge on any atom is 0.262 e. The van der Waals surface area contributed by atoms with Crippen LogP contribution in [0.15, 0.2) is 42.6 Å². The first-order valence-corrected chi connectivity index (χ1v) is 8.42. The van der Waals surface area contributed by atoms with Crippen LogP contribution in [0.3, 0.4) is 0 Å². The summed E-state index contributed by atoms with van der Waals surface area (Å²) in [5.74, 6) is -0.849. The van der Waals surface area contributed by atoms with Crippen molar-refractivity contribution >= 4 is 29.3 Å². The van der Waals surface area contributed by atoms with Crippen molar-refractivity contribution in [3.8, 4) is 5.88 Å². The summed E-state index contributed by atoms with van der Waals surface area (Å²) in [4.78, 5) is 43.5. The van der Waals surface area contributed by atoms with Crippen LogP contribution in [0.25, 0.3) is 0 Å². The van der Waals surface area contributed by atoms with Crippen molar-refractivity contribution in [2.24, 2.45) is 0 Å². The van der Waals surface area contributed by atoms with Crippen molar-refractivity contribution in [2.75, 3.05) is 19.6 Å². The number of likely N-dealkylation sites (tertiary alicyclic amines) is 1. The molecule has 0 N–H and O–H groups in total. The van der Waals surface area contributed by atoms with Crippen LogP contribution in [0.1, 0.15) is 20.7 Å². The lowest BCUT2D eigenvalue weighted by Crippen LogP contribution is -2.58. The van der Waals surface area contributed by atoms with Crippen LogP contribution in [-0.4, -0.2) is 58.2 Å². The maximum absolute atomic E-state index is 12.4. The molecule has 4 rings (SSSR count). The Kier molecular flexibility index (Phi) is 4.08. The zero-order valence-corrected chi connectivity index (χ0v) is 14.3. The third kappa shape index (κ3) is 2.80. The van der Waals surface area contributed by atoms with Crippen molar-refractivity contribution in [2.45, 2.75) is 6.10 Å². The molecular weight excluding hydrogens is 358 g/mol. The molecule has 0 radical (unpaired) electrons. The fraction of sp³-hybridized carbons (Fsp3) is 0.222. The molecule has 3 amide bonds. The number of nitrogens with zero attached hydrogens (tertiary/aromatic N) is 3. The number of benzene rings is 1. The first-order valence-electron chi connectivity index (χ1n) is 8.05. The molecule has 8 heteroatoms. The molecule has 0 bridgehead atoms. The molecule has 0 spiro atoms. The topological polar surface area (TPSA) is 79.8 Å². The number of aromatic nitrogens is 1. The quantitative estimate of drug-likeness (QED) is 0.763. The minimum atomic E-state index is -0.437. The summed E-state index contributed by atoms with van der Waals surface area (Å²) in [6, 6.07) is 9.93. The Hall–Kier alpha value is -2.93. The third-order valence-corrected chi connectivity index (χ3v) is 4.66. The van der Waals surface area contributed by atoms with Gasteiger partial charge in [0.1, 0.15) is 17.7 Å². The van der Waals surface area contributed by atoms with E-state index in [0.29, 0.717) is 35.1 Å². The molecule has 0 saturated carbocycles. The highest BCUT2D eigenvalue weighted by atomic mass is 35.5. The third-order valence-electron chi connectivity index (χ3n) is 4.38. The number of halogens is 1. The van der Waals surface area contributed by atoms with Gasteiger partial charge >= 0.3 is 0 Å². The van der Waals surface area contributed by atoms with Crippen LogP contribution < -0.4 is 4.74 Å². The van der Waals surface area contributed by atoms with Gasteiger partial charge in [-0.2, -0.15) is 0 Å². The maximum atomic E-state index is 12.4. The smallest absolute Gasteiger partial charge is 0.262 e. The first-order chi connectivity index (χ1) is 12.5. The Bertz CT molecular complexity index is 876. The van der Waals surface area contributed by atoms with Gasteiger partial charge in [0.15, 0.2) is 0 Å². The molecule has 3 heterocycles. The van der Waals surface area contributed by atoms with E-state index in [4.69, 9.17) is 16.3 Å². The Morgan fingerprint density at radius 1 is 1.12 bits per heavy atom. The molecule has 2 aliphatic rings. The number of amides is 3. The predicted octanol–water partition coefficient (Wildman–Crippen LogP) is 1.62. The SMILES string of the molecule is O=C(CN1C(=O)c2ccccc2C1=O)N1CC(Oc2ncccc2Cl)C1. The van der Waals surface area contributed by atoms with Gasteiger partial charge in [0, 0.05) is 6.20 Å². The van der Waals surface area contributed by atoms with Crippen LogP contribution in [-0.2, 0) is 4.79 Å². The number of fused-ring (bicyclic) bond motifs is 1. The number of imide groups is 1. The Morgan fingerprint density at radius 2 is 1.77 bits per heavy atom. The van der Waals surface area contributed by atoms with Gasteiger partial charge in [0.2, 0.25) is 11.8 Å². The summed E-state index contributed by atoms with van der Waals surface area (Å²) in [5.41, 5.74) is 0.667. The number of pyridine rings is 1. The van der Waals surface area contributed by atoms with E-state index in [1.807, 2.05) is 0 Å². The molecule has 1 fully saturated rings. The monoisotopic (exact) mass is 371 g/mol. The Morgan fingerprint density at radius 3 is 2.38 bits per heavy atom. The fourth-order valence-electron chi connectivity index (χ4n) is 2.95. The number of carbonyl (C=O) groups excluding carboxylic acids is 3. The minimum Gasteiger partial charge on any atom is -0.470 e. The second-order valence-electron chi connectivity index (χ2n) is 6.07. The highest BCUT2D eigenvalue weighted by Gasteiger charge is 2.39. The van der Waals surface area contributed by atoms with Gasteiger partial charge in [0.05, 0.1) is 24.2 Å². The predicted molar refractivity (Wildman–Crippen MR) is 92.1 cm³/mol. The molecule has 26 heavy (non-hydrogen) atoms. The van der Waals surface area contributed by atoms with Crippen molar-refractivity contribution < 1.29 is 19.1 Å². The fourth-order valence-corrected chi connectivity index (χ4v) is 3.12. The van der Waals surface area contributed by atoms with Gasteiger partial charge in [-0.25, -0.2) is 4.98 Å². The van der Waals surface area contributed by atoms with Gasteiger partial charge in [-0.15, -0.1) is 0 Å². The minimum absolute atomic E-state index is 0.214. The van der Waals surface area contributed by atoms with Gasteiger partial charge in [0.25, 0.3) is 11.8 Å². The molecule has 1 aromatic carbocycles. The summed E-state index contributed by atoms with van der Waals surface area (Å²) < 4.78 is 5.64. The number of ether oxygens (including phenoxy) is 1. The number of carbonyl (C=O) groups is 3. The molecule has 1 aromatic heterocycles. The van der Waals surface area contributed by atoms with E-state index in [0.717, 1.165) is 4.90 Å². The van der Waals surface area contributed by atoms with Crippen molar-refractivity contribution in [1.82, 2.24) is 14.8 Å². The lowest BCUT2D eigenvalue weighted by Gasteiger charge is -2.39. The van der Waals surface area contributed by atoms with Crippen molar-refractivity contribution in [3.05, 3.63) is 58.7 Å². The van der Waals surface area contributed by atoms with Crippen LogP contribution >= 0.6 is 11.6 Å². The Balaban J connectivity index is 1.34. The highest BCUT2D eigenvalue weighted by molar-refractivity contribution is 6.31. The summed E-state index contributed by atoms with van der Waals surface area (Å²) in [6.07, 6.45) is 1.36. The van der Waals surface area contributed by atoms with Crippen LogP contribution in [0, 0.1) is 0 Å². The molecular formula is C18H14ClN3O4. The summed E-state index contributed by atoms with van der Waals surface area (Å²) in [6.45, 7) is 0.438. The number of hydrogen-bond donors (Lipinski definition) is 0. The summed E-state index contributed by atoms with van der Waals surface area (Å²) >= 11 is 5.99. The summed E-state index contributed by atoms with van der Waals surface area (Å²) in [7, 11) is 0. The normalized spacial score (nSPS) is 16.5. The van der Waals surface area contributed by atoms with Gasteiger partial charge < -0.3 is 9.64 Å². The molecule has 2 aliphatic heterocycles. The van der Waals surface area contributed by atoms with Crippen LogP contribution in [0.5, 0.6) is 5.88 Å². The van der Waals surface area contributed by atoms with Gasteiger partial charge in [-0.05, 0) is 24.3 Å². The first kappa shape index (κ1) is 16.5. The van der Waals surface area contributed by atoms with Gasteiger partial charge in [-0.3, -0.25) is 19.3 Å². The van der Waals surface area contributed by atoms with Crippen molar-refractivity contribution in [3.63, 3.8) is 0 Å². The average Bonchev–Trinajstić information content (AvgIpc) is 2.84. The molecule has 2 aromatic rings. The second-order valence-corrected chi connectivity index (χ2v) is 6.48. The lowest BCUT2D eigenvalue weighted by atomic mass is 10.1. The molecule has 132 valence electrons. The van der Waals surface area contributed by atoms with E-state index >= 15 is 0 Å². The number of rotatable bonds is 4. The van der Waals surface area contributed by atoms with E-state index in [2.05, 4.69) is 4.98 Å². The van der Waals surface area contributed by atoms with E-state index in [-0.39, 0.29) is 18.6 Å². The molecule has 0 aliphatic carbocycles. The highest BCUT2D eigenvalue weighted by Crippen LogP contribution is 2.25. The van der Waals surface area contributed by atoms with Gasteiger partial charge in [-0.1, -0.05) is 23.7 Å². The second kappa shape index (κ2) is 6.42. The lowest BCUT2D eigenvalue weighted by molar-refractivity contribution is -0.140. The number of hydrogen-bond acceptors (Lipinski definition) is 5. The van der Waals surface area contributed by atoms with Crippen LogP contribution in [0.2, 0.25) is 5.02 Å². The van der Waals surface area contributed by atoms with Crippen molar-refractivity contribution in [1.29, 1.82) is 0 Å². The van der Waals surface area contributed by atoms with E-state index in [9.17, 15) is 14.4 Å².